The van der Waals surface area contributed by atoms with E-state index in [0.29, 0.717) is 17.5 Å². The molecule has 0 heterocycles. The van der Waals surface area contributed by atoms with Crippen LogP contribution >= 0.6 is 0 Å². The number of hydrogen-bond donors (Lipinski definition) is 1. The van der Waals surface area contributed by atoms with Gasteiger partial charge in [0.2, 0.25) is 0 Å². The van der Waals surface area contributed by atoms with Crippen LogP contribution in [0.4, 0.5) is 4.39 Å². The summed E-state index contributed by atoms with van der Waals surface area (Å²) in [6.45, 7) is 2.50. The van der Waals surface area contributed by atoms with Crippen LogP contribution in [0.2, 0.25) is 0 Å². The lowest BCUT2D eigenvalue weighted by Crippen LogP contribution is -2.15. The van der Waals surface area contributed by atoms with Gasteiger partial charge in [-0.25, -0.2) is 4.39 Å². The van der Waals surface area contributed by atoms with E-state index in [1.807, 2.05) is 19.0 Å². The SMILES string of the molecule is Cc1ccc(C(O)CCN(C)C)cc1F. The van der Waals surface area contributed by atoms with Gasteiger partial charge in [-0.2, -0.15) is 0 Å². The van der Waals surface area contributed by atoms with Crippen LogP contribution in [0.15, 0.2) is 18.2 Å². The van der Waals surface area contributed by atoms with Crippen LogP contribution in [0.3, 0.4) is 0 Å². The van der Waals surface area contributed by atoms with E-state index in [4.69, 9.17) is 0 Å². The molecule has 1 atom stereocenters. The quantitative estimate of drug-likeness (QED) is 0.824. The van der Waals surface area contributed by atoms with Gasteiger partial charge >= 0.3 is 0 Å². The van der Waals surface area contributed by atoms with Gasteiger partial charge in [0.15, 0.2) is 0 Å². The van der Waals surface area contributed by atoms with Gasteiger partial charge in [0.05, 0.1) is 6.10 Å². The Hall–Kier alpha value is -0.930. The average molecular weight is 211 g/mol. The number of halogens is 1. The monoisotopic (exact) mass is 211 g/mol. The normalized spacial score (nSPS) is 13.2. The number of aliphatic hydroxyl groups excluding tert-OH is 1. The molecule has 0 aliphatic carbocycles. The van der Waals surface area contributed by atoms with E-state index in [-0.39, 0.29) is 5.82 Å². The van der Waals surface area contributed by atoms with Crippen molar-refractivity contribution in [1.29, 1.82) is 0 Å². The highest BCUT2D eigenvalue weighted by Gasteiger charge is 2.09. The molecule has 0 radical (unpaired) electrons. The summed E-state index contributed by atoms with van der Waals surface area (Å²) in [5.41, 5.74) is 1.26. The highest BCUT2D eigenvalue weighted by molar-refractivity contribution is 5.24. The predicted octanol–water partition coefficient (Wildman–Crippen LogP) is 2.12. The van der Waals surface area contributed by atoms with E-state index in [1.165, 1.54) is 6.07 Å². The summed E-state index contributed by atoms with van der Waals surface area (Å²) < 4.78 is 13.2. The third kappa shape index (κ3) is 3.61. The first-order valence-corrected chi connectivity index (χ1v) is 5.09. The molecule has 0 fully saturated rings. The van der Waals surface area contributed by atoms with Crippen molar-refractivity contribution >= 4 is 0 Å². The molecule has 2 nitrogen and oxygen atoms in total. The fourth-order valence-corrected chi connectivity index (χ4v) is 1.36. The number of benzene rings is 1. The fourth-order valence-electron chi connectivity index (χ4n) is 1.36. The zero-order chi connectivity index (χ0) is 11.4. The minimum absolute atomic E-state index is 0.253. The molecule has 15 heavy (non-hydrogen) atoms. The molecule has 0 aliphatic rings. The van der Waals surface area contributed by atoms with Crippen LogP contribution in [0.5, 0.6) is 0 Å². The molecule has 1 N–H and O–H groups in total. The summed E-state index contributed by atoms with van der Waals surface area (Å²) in [4.78, 5) is 1.99. The van der Waals surface area contributed by atoms with E-state index < -0.39 is 6.10 Å². The zero-order valence-corrected chi connectivity index (χ0v) is 9.50. The zero-order valence-electron chi connectivity index (χ0n) is 9.50. The second kappa shape index (κ2) is 5.24. The summed E-state index contributed by atoms with van der Waals surface area (Å²) >= 11 is 0. The first-order chi connectivity index (χ1) is 7.00. The van der Waals surface area contributed by atoms with Crippen molar-refractivity contribution < 1.29 is 9.50 Å². The van der Waals surface area contributed by atoms with Crippen LogP contribution in [-0.4, -0.2) is 30.6 Å². The van der Waals surface area contributed by atoms with Crippen LogP contribution < -0.4 is 0 Å². The Morgan fingerprint density at radius 2 is 2.07 bits per heavy atom. The maximum absolute atomic E-state index is 13.2. The number of aryl methyl sites for hydroxylation is 1. The molecule has 0 saturated carbocycles. The standard InChI is InChI=1S/C12H18FNO/c1-9-4-5-10(8-11(9)13)12(15)6-7-14(2)3/h4-5,8,12,15H,6-7H2,1-3H3. The van der Waals surface area contributed by atoms with Gasteiger partial charge in [0, 0.05) is 6.54 Å². The number of aliphatic hydroxyl groups is 1. The van der Waals surface area contributed by atoms with Crippen molar-refractivity contribution in [1.82, 2.24) is 4.90 Å². The molecule has 1 unspecified atom stereocenters. The van der Waals surface area contributed by atoms with Gasteiger partial charge in [0.25, 0.3) is 0 Å². The number of hydrogen-bond acceptors (Lipinski definition) is 2. The van der Waals surface area contributed by atoms with Crippen molar-refractivity contribution in [3.05, 3.63) is 35.1 Å². The summed E-state index contributed by atoms with van der Waals surface area (Å²) in [6.07, 6.45) is 0.0395. The van der Waals surface area contributed by atoms with E-state index >= 15 is 0 Å². The van der Waals surface area contributed by atoms with Crippen molar-refractivity contribution in [3.63, 3.8) is 0 Å². The van der Waals surface area contributed by atoms with Crippen molar-refractivity contribution in [2.75, 3.05) is 20.6 Å². The number of rotatable bonds is 4. The molecule has 0 spiro atoms. The first-order valence-electron chi connectivity index (χ1n) is 5.09. The minimum atomic E-state index is -0.581. The summed E-state index contributed by atoms with van der Waals surface area (Å²) in [5.74, 6) is -0.253. The van der Waals surface area contributed by atoms with Gasteiger partial charge in [-0.05, 0) is 44.6 Å². The van der Waals surface area contributed by atoms with E-state index in [2.05, 4.69) is 0 Å². The van der Waals surface area contributed by atoms with E-state index in [1.54, 1.807) is 19.1 Å². The van der Waals surface area contributed by atoms with Gasteiger partial charge in [-0.15, -0.1) is 0 Å². The van der Waals surface area contributed by atoms with Gasteiger partial charge < -0.3 is 10.0 Å². The first kappa shape index (κ1) is 12.1. The molecule has 84 valence electrons. The van der Waals surface area contributed by atoms with E-state index in [0.717, 1.165) is 6.54 Å². The topological polar surface area (TPSA) is 23.5 Å². The van der Waals surface area contributed by atoms with Gasteiger partial charge in [-0.1, -0.05) is 12.1 Å². The molecule has 0 amide bonds. The predicted molar refractivity (Wildman–Crippen MR) is 59.3 cm³/mol. The maximum atomic E-state index is 13.2. The lowest BCUT2D eigenvalue weighted by atomic mass is 10.0. The Morgan fingerprint density at radius 1 is 1.40 bits per heavy atom. The molecule has 0 aromatic heterocycles. The third-order valence-corrected chi connectivity index (χ3v) is 2.43. The second-order valence-electron chi connectivity index (χ2n) is 4.12. The lowest BCUT2D eigenvalue weighted by molar-refractivity contribution is 0.154. The Morgan fingerprint density at radius 3 is 2.60 bits per heavy atom. The second-order valence-corrected chi connectivity index (χ2v) is 4.12. The fraction of sp³-hybridized carbons (Fsp3) is 0.500. The lowest BCUT2D eigenvalue weighted by Gasteiger charge is -2.15. The Bertz CT molecular complexity index is 325. The molecule has 1 rings (SSSR count). The van der Waals surface area contributed by atoms with Crippen molar-refractivity contribution in [3.8, 4) is 0 Å². The third-order valence-electron chi connectivity index (χ3n) is 2.43. The summed E-state index contributed by atoms with van der Waals surface area (Å²) in [7, 11) is 3.89. The van der Waals surface area contributed by atoms with Gasteiger partial charge in [0.1, 0.15) is 5.82 Å². The van der Waals surface area contributed by atoms with Crippen molar-refractivity contribution in [2.24, 2.45) is 0 Å². The Kier molecular flexibility index (Phi) is 4.24. The van der Waals surface area contributed by atoms with Gasteiger partial charge in [-0.3, -0.25) is 0 Å². The van der Waals surface area contributed by atoms with Crippen LogP contribution in [-0.2, 0) is 0 Å². The molecule has 1 aromatic rings. The highest BCUT2D eigenvalue weighted by Crippen LogP contribution is 2.19. The molecule has 3 heteroatoms. The smallest absolute Gasteiger partial charge is 0.126 e. The average Bonchev–Trinajstić information content (AvgIpc) is 2.18. The van der Waals surface area contributed by atoms with Crippen LogP contribution in [0, 0.1) is 12.7 Å². The summed E-state index contributed by atoms with van der Waals surface area (Å²) in [6, 6.07) is 4.89. The Labute approximate surface area is 90.3 Å². The Balaban J connectivity index is 2.65. The maximum Gasteiger partial charge on any atom is 0.126 e. The molecular formula is C12H18FNO. The molecule has 0 aliphatic heterocycles. The van der Waals surface area contributed by atoms with Crippen LogP contribution in [0.25, 0.3) is 0 Å². The summed E-state index contributed by atoms with van der Waals surface area (Å²) in [5, 5.41) is 9.79. The largest absolute Gasteiger partial charge is 0.388 e. The molecule has 1 aromatic carbocycles. The molecule has 0 saturated heterocycles. The number of nitrogens with zero attached hydrogens (tertiary/aromatic N) is 1. The van der Waals surface area contributed by atoms with E-state index in [9.17, 15) is 9.50 Å². The minimum Gasteiger partial charge on any atom is -0.388 e. The highest BCUT2D eigenvalue weighted by atomic mass is 19.1. The van der Waals surface area contributed by atoms with Crippen LogP contribution in [0.1, 0.15) is 23.7 Å². The molecular weight excluding hydrogens is 193 g/mol. The molecule has 0 bridgehead atoms. The van der Waals surface area contributed by atoms with Crippen molar-refractivity contribution in [2.45, 2.75) is 19.4 Å².